The maximum absolute atomic E-state index is 12.3. The molecular formula is C17H13F3N2O4. The highest BCUT2D eigenvalue weighted by Gasteiger charge is 2.38. The zero-order valence-corrected chi connectivity index (χ0v) is 13.4. The summed E-state index contributed by atoms with van der Waals surface area (Å²) in [4.78, 5) is 34.1. The Kier molecular flexibility index (Phi) is 5.61. The van der Waals surface area contributed by atoms with Gasteiger partial charge in [0.15, 0.2) is 0 Å². The molecule has 2 aromatic rings. The van der Waals surface area contributed by atoms with Crippen molar-refractivity contribution in [1.82, 2.24) is 0 Å². The van der Waals surface area contributed by atoms with Crippen molar-refractivity contribution in [1.29, 1.82) is 0 Å². The van der Waals surface area contributed by atoms with E-state index < -0.39 is 24.0 Å². The number of hydrogen-bond donors (Lipinski definition) is 2. The number of benzene rings is 2. The van der Waals surface area contributed by atoms with Gasteiger partial charge in [0.1, 0.15) is 5.75 Å². The van der Waals surface area contributed by atoms with Gasteiger partial charge in [-0.3, -0.25) is 14.4 Å². The highest BCUT2D eigenvalue weighted by atomic mass is 19.4. The maximum Gasteiger partial charge on any atom is 0.471 e. The molecule has 0 fully saturated rings. The van der Waals surface area contributed by atoms with Crippen LogP contribution < -0.4 is 15.4 Å². The van der Waals surface area contributed by atoms with Gasteiger partial charge in [-0.05, 0) is 36.4 Å². The van der Waals surface area contributed by atoms with Crippen molar-refractivity contribution in [2.45, 2.75) is 13.1 Å². The zero-order valence-electron chi connectivity index (χ0n) is 13.4. The van der Waals surface area contributed by atoms with Crippen molar-refractivity contribution in [3.05, 3.63) is 54.1 Å². The Morgan fingerprint density at radius 3 is 2.15 bits per heavy atom. The Labute approximate surface area is 146 Å². The number of carbonyl (C=O) groups is 3. The summed E-state index contributed by atoms with van der Waals surface area (Å²) in [6, 6.07) is 11.0. The lowest BCUT2D eigenvalue weighted by molar-refractivity contribution is -0.167. The first-order valence-electron chi connectivity index (χ1n) is 7.23. The maximum atomic E-state index is 12.3. The Bertz CT molecular complexity index is 850. The highest BCUT2D eigenvalue weighted by Crippen LogP contribution is 2.21. The molecule has 26 heavy (non-hydrogen) atoms. The highest BCUT2D eigenvalue weighted by molar-refractivity contribution is 6.05. The lowest BCUT2D eigenvalue weighted by atomic mass is 10.2. The molecular weight excluding hydrogens is 353 g/mol. The monoisotopic (exact) mass is 366 g/mol. The molecule has 0 saturated carbocycles. The molecule has 0 heterocycles. The molecule has 136 valence electrons. The van der Waals surface area contributed by atoms with Gasteiger partial charge in [0, 0.05) is 23.9 Å². The van der Waals surface area contributed by atoms with Crippen molar-refractivity contribution >= 4 is 29.2 Å². The lowest BCUT2D eigenvalue weighted by Crippen LogP contribution is -2.29. The largest absolute Gasteiger partial charge is 0.471 e. The standard InChI is InChI=1S/C17H13F3N2O4/c1-10(23)26-14-7-2-4-11(8-14)15(24)21-12-5-3-6-13(9-12)22-16(25)17(18,19)20/h2-9H,1H3,(H,21,24)(H,22,25). The molecule has 2 N–H and O–H groups in total. The van der Waals surface area contributed by atoms with Crippen LogP contribution in [-0.2, 0) is 9.59 Å². The van der Waals surface area contributed by atoms with Crippen molar-refractivity contribution in [3.63, 3.8) is 0 Å². The fraction of sp³-hybridized carbons (Fsp3) is 0.118. The third-order valence-corrected chi connectivity index (χ3v) is 2.99. The third kappa shape index (κ3) is 5.33. The minimum atomic E-state index is -5.02. The molecule has 9 heteroatoms. The number of anilines is 2. The smallest absolute Gasteiger partial charge is 0.427 e. The summed E-state index contributed by atoms with van der Waals surface area (Å²) < 4.78 is 41.7. The number of alkyl halides is 3. The van der Waals surface area contributed by atoms with E-state index in [1.165, 1.54) is 55.5 Å². The number of ether oxygens (including phenoxy) is 1. The van der Waals surface area contributed by atoms with Crippen LogP contribution in [0.2, 0.25) is 0 Å². The van der Waals surface area contributed by atoms with E-state index in [9.17, 15) is 27.6 Å². The Hall–Kier alpha value is -3.36. The predicted octanol–water partition coefficient (Wildman–Crippen LogP) is 3.37. The molecule has 0 aromatic heterocycles. The van der Waals surface area contributed by atoms with Crippen molar-refractivity contribution in [2.75, 3.05) is 10.6 Å². The minimum absolute atomic E-state index is 0.126. The van der Waals surface area contributed by atoms with Gasteiger partial charge in [-0.15, -0.1) is 0 Å². The van der Waals surface area contributed by atoms with Crippen LogP contribution in [-0.4, -0.2) is 24.0 Å². The molecule has 0 radical (unpaired) electrons. The molecule has 0 atom stereocenters. The Balaban J connectivity index is 2.11. The van der Waals surface area contributed by atoms with Crippen LogP contribution in [0, 0.1) is 0 Å². The first-order valence-corrected chi connectivity index (χ1v) is 7.23. The molecule has 6 nitrogen and oxygen atoms in total. The average Bonchev–Trinajstić information content (AvgIpc) is 2.54. The number of halogens is 3. The summed E-state index contributed by atoms with van der Waals surface area (Å²) in [6.45, 7) is 1.22. The summed E-state index contributed by atoms with van der Waals surface area (Å²) in [5, 5.41) is 4.17. The van der Waals surface area contributed by atoms with Crippen LogP contribution >= 0.6 is 0 Å². The average molecular weight is 366 g/mol. The van der Waals surface area contributed by atoms with E-state index in [1.54, 1.807) is 5.32 Å². The molecule has 2 amide bonds. The second-order valence-electron chi connectivity index (χ2n) is 5.11. The van der Waals surface area contributed by atoms with Gasteiger partial charge in [-0.2, -0.15) is 13.2 Å². The second kappa shape index (κ2) is 7.68. The molecule has 2 aromatic carbocycles. The summed E-state index contributed by atoms with van der Waals surface area (Å²) >= 11 is 0. The summed E-state index contributed by atoms with van der Waals surface area (Å²) in [7, 11) is 0. The number of amides is 2. The zero-order chi connectivity index (χ0) is 19.3. The van der Waals surface area contributed by atoms with E-state index in [4.69, 9.17) is 4.74 Å². The van der Waals surface area contributed by atoms with Crippen LogP contribution in [0.3, 0.4) is 0 Å². The molecule has 0 aliphatic heterocycles. The first kappa shape index (κ1) is 19.0. The van der Waals surface area contributed by atoms with Crippen molar-refractivity contribution in [3.8, 4) is 5.75 Å². The van der Waals surface area contributed by atoms with Gasteiger partial charge in [-0.1, -0.05) is 12.1 Å². The van der Waals surface area contributed by atoms with E-state index in [1.807, 2.05) is 0 Å². The predicted molar refractivity (Wildman–Crippen MR) is 86.8 cm³/mol. The molecule has 2 rings (SSSR count). The molecule has 0 aliphatic rings. The fourth-order valence-electron chi connectivity index (χ4n) is 1.95. The number of nitrogens with one attached hydrogen (secondary N) is 2. The molecule has 0 unspecified atom stereocenters. The van der Waals surface area contributed by atoms with Gasteiger partial charge in [-0.25, -0.2) is 0 Å². The van der Waals surface area contributed by atoms with Gasteiger partial charge >= 0.3 is 18.1 Å². The first-order chi connectivity index (χ1) is 12.1. The molecule has 0 spiro atoms. The van der Waals surface area contributed by atoms with Crippen molar-refractivity contribution < 1.29 is 32.3 Å². The fourth-order valence-corrected chi connectivity index (χ4v) is 1.95. The number of esters is 1. The van der Waals surface area contributed by atoms with Crippen LogP contribution in [0.1, 0.15) is 17.3 Å². The Morgan fingerprint density at radius 1 is 0.923 bits per heavy atom. The topological polar surface area (TPSA) is 84.5 Å². The van der Waals surface area contributed by atoms with Gasteiger partial charge in [0.25, 0.3) is 5.91 Å². The summed E-state index contributed by atoms with van der Waals surface area (Å²) in [5.41, 5.74) is 0.222. The quantitative estimate of drug-likeness (QED) is 0.642. The van der Waals surface area contributed by atoms with E-state index in [0.717, 1.165) is 0 Å². The van der Waals surface area contributed by atoms with Gasteiger partial charge < -0.3 is 15.4 Å². The summed E-state index contributed by atoms with van der Waals surface area (Å²) in [5.74, 6) is -3.06. The van der Waals surface area contributed by atoms with Crippen LogP contribution in [0.5, 0.6) is 5.75 Å². The SMILES string of the molecule is CC(=O)Oc1cccc(C(=O)Nc2cccc(NC(=O)C(F)(F)F)c2)c1. The van der Waals surface area contributed by atoms with E-state index in [-0.39, 0.29) is 22.7 Å². The van der Waals surface area contributed by atoms with Crippen LogP contribution in [0.25, 0.3) is 0 Å². The van der Waals surface area contributed by atoms with Crippen LogP contribution in [0.4, 0.5) is 24.5 Å². The van der Waals surface area contributed by atoms with E-state index in [0.29, 0.717) is 0 Å². The molecule has 0 saturated heterocycles. The number of rotatable bonds is 4. The van der Waals surface area contributed by atoms with Gasteiger partial charge in [0.2, 0.25) is 0 Å². The summed E-state index contributed by atoms with van der Waals surface area (Å²) in [6.07, 6.45) is -5.02. The minimum Gasteiger partial charge on any atom is -0.427 e. The normalized spacial score (nSPS) is 10.8. The third-order valence-electron chi connectivity index (χ3n) is 2.99. The second-order valence-corrected chi connectivity index (χ2v) is 5.11. The Morgan fingerprint density at radius 2 is 1.54 bits per heavy atom. The number of hydrogen-bond acceptors (Lipinski definition) is 4. The molecule has 0 bridgehead atoms. The van der Waals surface area contributed by atoms with Crippen molar-refractivity contribution in [2.24, 2.45) is 0 Å². The van der Waals surface area contributed by atoms with Gasteiger partial charge in [0.05, 0.1) is 0 Å². The van der Waals surface area contributed by atoms with E-state index >= 15 is 0 Å². The number of carbonyl (C=O) groups excluding carboxylic acids is 3. The van der Waals surface area contributed by atoms with Crippen LogP contribution in [0.15, 0.2) is 48.5 Å². The lowest BCUT2D eigenvalue weighted by Gasteiger charge is -2.10. The molecule has 0 aliphatic carbocycles. The van der Waals surface area contributed by atoms with E-state index in [2.05, 4.69) is 5.32 Å².